The van der Waals surface area contributed by atoms with E-state index < -0.39 is 0 Å². The lowest BCUT2D eigenvalue weighted by Crippen LogP contribution is -2.53. The van der Waals surface area contributed by atoms with E-state index in [4.69, 9.17) is 4.74 Å². The van der Waals surface area contributed by atoms with Crippen LogP contribution in [0.5, 0.6) is 0 Å². The van der Waals surface area contributed by atoms with E-state index in [9.17, 15) is 9.59 Å². The van der Waals surface area contributed by atoms with Gasteiger partial charge in [0.2, 0.25) is 11.8 Å². The lowest BCUT2D eigenvalue weighted by atomic mass is 10.1. The van der Waals surface area contributed by atoms with Crippen LogP contribution < -0.4 is 0 Å². The second kappa shape index (κ2) is 7.42. The van der Waals surface area contributed by atoms with E-state index in [0.717, 1.165) is 39.0 Å². The van der Waals surface area contributed by atoms with Gasteiger partial charge < -0.3 is 14.5 Å². The lowest BCUT2D eigenvalue weighted by Gasteiger charge is -2.37. The third-order valence-corrected chi connectivity index (χ3v) is 5.11. The van der Waals surface area contributed by atoms with Crippen molar-refractivity contribution in [3.05, 3.63) is 0 Å². The minimum absolute atomic E-state index is 0.193. The normalized spacial score (nSPS) is 24.7. The summed E-state index contributed by atoms with van der Waals surface area (Å²) in [6.45, 7) is 6.36. The highest BCUT2D eigenvalue weighted by molar-refractivity contribution is 5.80. The summed E-state index contributed by atoms with van der Waals surface area (Å²) in [6.07, 6.45) is 4.53. The number of hydrogen-bond donors (Lipinski definition) is 0. The molecule has 0 spiro atoms. The van der Waals surface area contributed by atoms with Crippen LogP contribution >= 0.6 is 0 Å². The summed E-state index contributed by atoms with van der Waals surface area (Å²) < 4.78 is 5.28. The van der Waals surface area contributed by atoms with E-state index in [-0.39, 0.29) is 11.8 Å². The number of carbonyl (C=O) groups is 2. The van der Waals surface area contributed by atoms with E-state index in [2.05, 4.69) is 4.90 Å². The van der Waals surface area contributed by atoms with Crippen LogP contribution in [0.3, 0.4) is 0 Å². The van der Waals surface area contributed by atoms with Crippen molar-refractivity contribution in [3.63, 3.8) is 0 Å². The fourth-order valence-electron chi connectivity index (χ4n) is 3.66. The van der Waals surface area contributed by atoms with Crippen molar-refractivity contribution in [2.24, 2.45) is 5.92 Å². The van der Waals surface area contributed by atoms with Gasteiger partial charge in [-0.15, -0.1) is 0 Å². The predicted molar refractivity (Wildman–Crippen MR) is 82.4 cm³/mol. The van der Waals surface area contributed by atoms with Crippen LogP contribution in [0, 0.1) is 5.92 Å². The van der Waals surface area contributed by atoms with Crippen molar-refractivity contribution in [3.8, 4) is 0 Å². The Labute approximate surface area is 132 Å². The van der Waals surface area contributed by atoms with Gasteiger partial charge in [-0.05, 0) is 12.8 Å². The van der Waals surface area contributed by atoms with Crippen LogP contribution in [0.25, 0.3) is 0 Å². The maximum Gasteiger partial charge on any atom is 0.236 e. The van der Waals surface area contributed by atoms with Crippen molar-refractivity contribution in [1.82, 2.24) is 14.7 Å². The smallest absolute Gasteiger partial charge is 0.236 e. The Morgan fingerprint density at radius 2 is 1.50 bits per heavy atom. The van der Waals surface area contributed by atoms with Crippen LogP contribution in [0.1, 0.15) is 25.7 Å². The number of hydrogen-bond acceptors (Lipinski definition) is 4. The topological polar surface area (TPSA) is 53.1 Å². The van der Waals surface area contributed by atoms with Crippen LogP contribution in [-0.4, -0.2) is 85.5 Å². The number of amides is 2. The largest absolute Gasteiger partial charge is 0.378 e. The molecule has 2 heterocycles. The summed E-state index contributed by atoms with van der Waals surface area (Å²) in [5, 5.41) is 0. The first kappa shape index (κ1) is 15.7. The summed E-state index contributed by atoms with van der Waals surface area (Å²) >= 11 is 0. The van der Waals surface area contributed by atoms with E-state index in [1.807, 2.05) is 9.80 Å². The Morgan fingerprint density at radius 1 is 0.864 bits per heavy atom. The van der Waals surface area contributed by atoms with Gasteiger partial charge in [0.1, 0.15) is 0 Å². The summed E-state index contributed by atoms with van der Waals surface area (Å²) in [4.78, 5) is 30.7. The molecule has 1 aliphatic carbocycles. The molecule has 3 rings (SSSR count). The Bertz CT molecular complexity index is 395. The zero-order valence-electron chi connectivity index (χ0n) is 13.3. The molecule has 2 amide bonds. The van der Waals surface area contributed by atoms with Crippen LogP contribution in [-0.2, 0) is 14.3 Å². The molecule has 0 unspecified atom stereocenters. The maximum absolute atomic E-state index is 12.4. The Hall–Kier alpha value is -1.14. The van der Waals surface area contributed by atoms with E-state index in [1.54, 1.807) is 0 Å². The summed E-state index contributed by atoms with van der Waals surface area (Å²) in [7, 11) is 0. The monoisotopic (exact) mass is 309 g/mol. The molecule has 0 radical (unpaired) electrons. The van der Waals surface area contributed by atoms with Gasteiger partial charge in [0.25, 0.3) is 0 Å². The average molecular weight is 309 g/mol. The first-order valence-electron chi connectivity index (χ1n) is 8.61. The molecule has 124 valence electrons. The third-order valence-electron chi connectivity index (χ3n) is 5.11. The molecule has 0 aromatic heterocycles. The fraction of sp³-hybridized carbons (Fsp3) is 0.875. The summed E-state index contributed by atoms with van der Waals surface area (Å²) in [5.74, 6) is 0.803. The Kier molecular flexibility index (Phi) is 5.31. The van der Waals surface area contributed by atoms with Crippen molar-refractivity contribution in [1.29, 1.82) is 0 Å². The number of piperazine rings is 1. The number of morpholine rings is 1. The van der Waals surface area contributed by atoms with Crippen molar-refractivity contribution in [2.45, 2.75) is 25.7 Å². The van der Waals surface area contributed by atoms with Gasteiger partial charge in [-0.25, -0.2) is 0 Å². The molecule has 0 aromatic rings. The SMILES string of the molecule is O=C(CN1CCN(C(=O)C2CCCC2)CC1)N1CCOCC1. The van der Waals surface area contributed by atoms with Gasteiger partial charge in [-0.2, -0.15) is 0 Å². The zero-order chi connectivity index (χ0) is 15.4. The van der Waals surface area contributed by atoms with Crippen molar-refractivity contribution >= 4 is 11.8 Å². The minimum atomic E-state index is 0.193. The fourth-order valence-corrected chi connectivity index (χ4v) is 3.66. The Morgan fingerprint density at radius 3 is 2.14 bits per heavy atom. The first-order chi connectivity index (χ1) is 10.7. The van der Waals surface area contributed by atoms with Gasteiger partial charge in [0, 0.05) is 45.2 Å². The lowest BCUT2D eigenvalue weighted by molar-refractivity contribution is -0.139. The van der Waals surface area contributed by atoms with E-state index in [1.165, 1.54) is 12.8 Å². The van der Waals surface area contributed by atoms with Gasteiger partial charge in [-0.3, -0.25) is 14.5 Å². The quantitative estimate of drug-likeness (QED) is 0.746. The molecule has 0 atom stereocenters. The highest BCUT2D eigenvalue weighted by atomic mass is 16.5. The number of ether oxygens (including phenoxy) is 1. The first-order valence-corrected chi connectivity index (χ1v) is 8.61. The van der Waals surface area contributed by atoms with Gasteiger partial charge >= 0.3 is 0 Å². The molecular weight excluding hydrogens is 282 g/mol. The van der Waals surface area contributed by atoms with Crippen LogP contribution in [0.4, 0.5) is 0 Å². The van der Waals surface area contributed by atoms with Gasteiger partial charge in [0.05, 0.1) is 19.8 Å². The molecule has 0 N–H and O–H groups in total. The predicted octanol–water partition coefficient (Wildman–Crippen LogP) is 0.180. The second-order valence-corrected chi connectivity index (χ2v) is 6.58. The minimum Gasteiger partial charge on any atom is -0.378 e. The van der Waals surface area contributed by atoms with E-state index >= 15 is 0 Å². The number of carbonyl (C=O) groups excluding carboxylic acids is 2. The van der Waals surface area contributed by atoms with E-state index in [0.29, 0.717) is 38.8 Å². The molecule has 6 nitrogen and oxygen atoms in total. The number of nitrogens with zero attached hydrogens (tertiary/aromatic N) is 3. The second-order valence-electron chi connectivity index (χ2n) is 6.58. The summed E-state index contributed by atoms with van der Waals surface area (Å²) in [6, 6.07) is 0. The average Bonchev–Trinajstić information content (AvgIpc) is 3.10. The number of rotatable bonds is 3. The Balaban J connectivity index is 1.41. The molecular formula is C16H27N3O3. The van der Waals surface area contributed by atoms with Crippen molar-refractivity contribution < 1.29 is 14.3 Å². The molecule has 6 heteroatoms. The molecule has 3 aliphatic rings. The zero-order valence-corrected chi connectivity index (χ0v) is 13.3. The van der Waals surface area contributed by atoms with Crippen molar-refractivity contribution in [2.75, 3.05) is 59.0 Å². The third kappa shape index (κ3) is 3.79. The highest BCUT2D eigenvalue weighted by Gasteiger charge is 2.30. The molecule has 3 fully saturated rings. The maximum atomic E-state index is 12.4. The van der Waals surface area contributed by atoms with Gasteiger partial charge in [-0.1, -0.05) is 12.8 Å². The van der Waals surface area contributed by atoms with Gasteiger partial charge in [0.15, 0.2) is 0 Å². The molecule has 0 aromatic carbocycles. The summed E-state index contributed by atoms with van der Waals surface area (Å²) in [5.41, 5.74) is 0. The highest BCUT2D eigenvalue weighted by Crippen LogP contribution is 2.26. The molecule has 0 bridgehead atoms. The molecule has 1 saturated carbocycles. The molecule has 2 saturated heterocycles. The van der Waals surface area contributed by atoms with Crippen LogP contribution in [0.15, 0.2) is 0 Å². The van der Waals surface area contributed by atoms with Crippen LogP contribution in [0.2, 0.25) is 0 Å². The molecule has 22 heavy (non-hydrogen) atoms. The molecule has 2 aliphatic heterocycles. The standard InChI is InChI=1S/C16H27N3O3/c20-15(18-9-11-22-12-10-18)13-17-5-7-19(8-6-17)16(21)14-3-1-2-4-14/h14H,1-13H2.